The Hall–Kier alpha value is -9.22. The number of aromatic nitrogens is 10. The van der Waals surface area contributed by atoms with Gasteiger partial charge in [-0.15, -0.1) is 0 Å². The van der Waals surface area contributed by atoms with Crippen molar-refractivity contribution in [1.29, 1.82) is 0 Å². The molecule has 8 aromatic heterocycles. The van der Waals surface area contributed by atoms with E-state index in [-0.39, 0.29) is 0 Å². The highest BCUT2D eigenvalue weighted by atomic mass is 35.5. The van der Waals surface area contributed by atoms with E-state index < -0.39 is 64.7 Å². The van der Waals surface area contributed by atoms with Crippen LogP contribution >= 0.6 is 34.8 Å². The molecule has 0 fully saturated rings. The van der Waals surface area contributed by atoms with Crippen LogP contribution in [0, 0.1) is 62.3 Å². The van der Waals surface area contributed by atoms with Gasteiger partial charge in [0.2, 0.25) is 0 Å². The van der Waals surface area contributed by atoms with Crippen LogP contribution in [-0.2, 0) is 55.9 Å². The summed E-state index contributed by atoms with van der Waals surface area (Å²) in [7, 11) is 2.73. The fourth-order valence-corrected chi connectivity index (χ4v) is 13.2. The summed E-state index contributed by atoms with van der Waals surface area (Å²) in [5.41, 5.74) is 16.9. The molecule has 556 valence electrons. The number of nitrogens with zero attached hydrogens (tertiary/aromatic N) is 8. The molecule has 0 bridgehead atoms. The van der Waals surface area contributed by atoms with E-state index in [4.69, 9.17) is 78.2 Å². The van der Waals surface area contributed by atoms with Gasteiger partial charge in [-0.3, -0.25) is 5.10 Å². The van der Waals surface area contributed by atoms with E-state index in [1.165, 1.54) is 18.9 Å². The molecule has 0 aliphatic heterocycles. The average molecular weight is 1490 g/mol. The van der Waals surface area contributed by atoms with Gasteiger partial charge in [0.25, 0.3) is 0 Å². The summed E-state index contributed by atoms with van der Waals surface area (Å²) in [4.78, 5) is 69.1. The molecule has 0 saturated carbocycles. The van der Waals surface area contributed by atoms with Gasteiger partial charge in [0.15, 0.2) is 18.3 Å². The molecule has 0 radical (unpaired) electrons. The first-order valence-corrected chi connectivity index (χ1v) is 35.6. The summed E-state index contributed by atoms with van der Waals surface area (Å²) < 4.78 is 39.8. The quantitative estimate of drug-likeness (QED) is 0.0600. The second-order valence-corrected chi connectivity index (χ2v) is 31.5. The second-order valence-electron chi connectivity index (χ2n) is 30.2. The first kappa shape index (κ1) is 79.9. The number of aliphatic carboxylic acids is 1. The van der Waals surface area contributed by atoms with E-state index >= 15 is 0 Å². The largest absolute Gasteiger partial charge is 0.479 e. The normalized spacial score (nSPS) is 12.9. The van der Waals surface area contributed by atoms with Gasteiger partial charge >= 0.3 is 24.0 Å². The third-order valence-electron chi connectivity index (χ3n) is 17.7. The number of benzene rings is 3. The number of rotatable bonds is 16. The molecule has 3 N–H and O–H groups in total. The van der Waals surface area contributed by atoms with Crippen molar-refractivity contribution in [2.24, 2.45) is 0 Å². The molecule has 3 atom stereocenters. The highest BCUT2D eigenvalue weighted by Gasteiger charge is 2.38. The van der Waals surface area contributed by atoms with Crippen LogP contribution in [0.5, 0.6) is 0 Å². The lowest BCUT2D eigenvalue weighted by Crippen LogP contribution is -2.29. The number of carbonyl (C=O) groups excluding carboxylic acids is 3. The Bertz CT molecular complexity index is 5040. The standard InChI is InChI=1S/C32H39ClN4O5.C26H29ClN4O3.C23H27ClN2O3/c1-18-20(3)36(16-21-15-34-37(17-21)30(39)42-32(7,8)9)28-24(18)26(22-11-13-23(33)14-12-22)25(19(2)35-28)27(29(38)40-10)41-31(4,5)6;1-14-16(3)31(13-17-11-28-29-12-17)24-20(14)22(18-7-9-19(27)10-8-18)21(15(2)30-24)23(25(32)33)34-26(4,5)6;1-12-13(2)25-21-17(12)19(15-8-10-16(24)11-9-15)18(14(3)26-21)20(22(27)28-7)29-23(4,5)6/h11-15,17,27H,16H2,1-10H3;7-12,23H,13H2,1-6H3,(H,28,29)(H,32,33);8-11,20H,1-7H3,(H,25,26)/t27-;23-;20-/m000/s1. The summed E-state index contributed by atoms with van der Waals surface area (Å²) >= 11 is 18.6. The number of nitrogens with one attached hydrogen (secondary N) is 2. The molecule has 0 spiro atoms. The first-order chi connectivity index (χ1) is 49.0. The third kappa shape index (κ3) is 18.0. The molecular weight excluding hydrogens is 1400 g/mol. The molecule has 8 heterocycles. The highest BCUT2D eigenvalue weighted by Crippen LogP contribution is 2.46. The number of ether oxygens (including phenoxy) is 6. The molecular formula is C81H95Cl3N10O11. The Kier molecular flexibility index (Phi) is 23.9. The first-order valence-electron chi connectivity index (χ1n) is 34.4. The number of fused-ring (bicyclic) bond motifs is 3. The van der Waals surface area contributed by atoms with Gasteiger partial charge in [0.05, 0.1) is 56.5 Å². The fraction of sp³-hybridized carbons (Fsp3) is 0.395. The SMILES string of the molecule is COC(=O)[C@@H](OC(C)(C)C)c1c(C)nc2[nH]c(C)c(C)c2c1-c1ccc(Cl)cc1.COC(=O)[C@@H](OC(C)(C)C)c1c(C)nc2c(c(C)c(C)n2Cc2cnn(C(=O)OC(C)(C)C)c2)c1-c1ccc(Cl)cc1.Cc1nc2c(c(C)c(C)n2Cc2cn[nH]c2)c(-c2ccc(Cl)cc2)c1[C@H](OC(C)(C)C)C(=O)O. The van der Waals surface area contributed by atoms with Crippen LogP contribution in [0.2, 0.25) is 15.1 Å². The van der Waals surface area contributed by atoms with Gasteiger partial charge in [0, 0.05) is 122 Å². The number of carboxylic acid groups (broad SMARTS) is 1. The molecule has 24 heteroatoms. The summed E-state index contributed by atoms with van der Waals surface area (Å²) in [5, 5.41) is 26.0. The third-order valence-corrected chi connectivity index (χ3v) is 18.5. The topological polar surface area (TPSA) is 255 Å². The van der Waals surface area contributed by atoms with Crippen molar-refractivity contribution in [1.82, 2.24) is 49.0 Å². The van der Waals surface area contributed by atoms with Gasteiger partial charge in [-0.05, 0) is 215 Å². The molecule has 105 heavy (non-hydrogen) atoms. The van der Waals surface area contributed by atoms with E-state index in [0.717, 1.165) is 111 Å². The van der Waals surface area contributed by atoms with E-state index in [0.29, 0.717) is 61.9 Å². The Balaban J connectivity index is 0.000000186. The maximum atomic E-state index is 13.2. The zero-order valence-corrected chi connectivity index (χ0v) is 66.4. The van der Waals surface area contributed by atoms with Crippen LogP contribution in [0.4, 0.5) is 4.79 Å². The van der Waals surface area contributed by atoms with Crippen LogP contribution in [0.3, 0.4) is 0 Å². The molecule has 0 unspecified atom stereocenters. The number of H-pyrrole nitrogens is 2. The molecule has 21 nitrogen and oxygen atoms in total. The molecule has 0 aliphatic rings. The van der Waals surface area contributed by atoms with Crippen molar-refractivity contribution in [2.75, 3.05) is 14.2 Å². The van der Waals surface area contributed by atoms with Crippen molar-refractivity contribution in [2.45, 2.75) is 199 Å². The Labute approximate surface area is 628 Å². The summed E-state index contributed by atoms with van der Waals surface area (Å²) in [6, 6.07) is 22.6. The van der Waals surface area contributed by atoms with Gasteiger partial charge in [-0.2, -0.15) is 14.9 Å². The van der Waals surface area contributed by atoms with Crippen molar-refractivity contribution in [3.8, 4) is 33.4 Å². The van der Waals surface area contributed by atoms with Gasteiger partial charge < -0.3 is 47.6 Å². The predicted octanol–water partition coefficient (Wildman–Crippen LogP) is 19.2. The number of methoxy groups -OCH3 is 2. The zero-order valence-electron chi connectivity index (χ0n) is 64.1. The minimum Gasteiger partial charge on any atom is -0.479 e. The number of pyridine rings is 3. The van der Waals surface area contributed by atoms with E-state index in [1.54, 1.807) is 18.6 Å². The number of carbonyl (C=O) groups is 4. The highest BCUT2D eigenvalue weighted by molar-refractivity contribution is 6.31. The molecule has 0 amide bonds. The Morgan fingerprint density at radius 2 is 0.876 bits per heavy atom. The molecule has 0 aliphatic carbocycles. The lowest BCUT2D eigenvalue weighted by atomic mass is 9.91. The number of carboxylic acids is 1. The van der Waals surface area contributed by atoms with Crippen molar-refractivity contribution >= 4 is 91.9 Å². The summed E-state index contributed by atoms with van der Waals surface area (Å²) in [6.45, 7) is 41.3. The number of halogens is 3. The minimum atomic E-state index is -1.18. The maximum absolute atomic E-state index is 13.2. The number of esters is 2. The lowest BCUT2D eigenvalue weighted by Gasteiger charge is -2.28. The number of aryl methyl sites for hydroxylation is 7. The van der Waals surface area contributed by atoms with Crippen LogP contribution < -0.4 is 0 Å². The predicted molar refractivity (Wildman–Crippen MR) is 413 cm³/mol. The van der Waals surface area contributed by atoms with Crippen LogP contribution in [0.15, 0.2) is 97.6 Å². The smallest absolute Gasteiger partial charge is 0.435 e. The van der Waals surface area contributed by atoms with Gasteiger partial charge in [-0.25, -0.2) is 34.1 Å². The number of aromatic amines is 2. The monoisotopic (exact) mass is 1490 g/mol. The average Bonchev–Trinajstić information content (AvgIpc) is 1.66. The number of hydrogen-bond donors (Lipinski definition) is 3. The van der Waals surface area contributed by atoms with E-state index in [1.807, 2.05) is 217 Å². The van der Waals surface area contributed by atoms with Crippen molar-refractivity contribution < 1.29 is 52.7 Å². The second kappa shape index (κ2) is 31.5. The zero-order chi connectivity index (χ0) is 77.4. The Morgan fingerprint density at radius 1 is 0.495 bits per heavy atom. The molecule has 11 rings (SSSR count). The summed E-state index contributed by atoms with van der Waals surface area (Å²) in [5.74, 6) is -2.02. The lowest BCUT2D eigenvalue weighted by molar-refractivity contribution is -0.164. The number of hydrogen-bond acceptors (Lipinski definition) is 15. The van der Waals surface area contributed by atoms with Crippen molar-refractivity contribution in [3.05, 3.63) is 191 Å². The van der Waals surface area contributed by atoms with Gasteiger partial charge in [0.1, 0.15) is 22.5 Å². The van der Waals surface area contributed by atoms with E-state index in [2.05, 4.69) is 36.3 Å². The van der Waals surface area contributed by atoms with Crippen LogP contribution in [0.25, 0.3) is 66.5 Å². The van der Waals surface area contributed by atoms with E-state index in [9.17, 15) is 24.3 Å². The maximum Gasteiger partial charge on any atom is 0.435 e. The van der Waals surface area contributed by atoms with Crippen LogP contribution in [-0.4, -0.2) is 115 Å². The van der Waals surface area contributed by atoms with Gasteiger partial charge in [-0.1, -0.05) is 71.2 Å². The summed E-state index contributed by atoms with van der Waals surface area (Å²) in [6.07, 6.45) is 3.33. The van der Waals surface area contributed by atoms with Crippen LogP contribution in [0.1, 0.15) is 180 Å². The van der Waals surface area contributed by atoms with Crippen molar-refractivity contribution in [3.63, 3.8) is 0 Å². The Morgan fingerprint density at radius 3 is 1.25 bits per heavy atom. The molecule has 0 saturated heterocycles. The fourth-order valence-electron chi connectivity index (χ4n) is 12.9. The minimum absolute atomic E-state index is 0.420. The molecule has 11 aromatic rings. The molecule has 3 aromatic carbocycles.